The van der Waals surface area contributed by atoms with Gasteiger partial charge in [-0.2, -0.15) is 5.26 Å². The number of aromatic amines is 1. The average molecular weight is 428 g/mol. The van der Waals surface area contributed by atoms with Gasteiger partial charge in [0.15, 0.2) is 0 Å². The van der Waals surface area contributed by atoms with E-state index in [9.17, 15) is 14.0 Å². The quantitative estimate of drug-likeness (QED) is 0.516. The molecule has 4 aromatic rings. The molecule has 0 aliphatic heterocycles. The summed E-state index contributed by atoms with van der Waals surface area (Å²) >= 11 is 6.15. The number of H-pyrrole nitrogens is 1. The van der Waals surface area contributed by atoms with E-state index < -0.39 is 17.7 Å². The van der Waals surface area contributed by atoms with E-state index in [0.29, 0.717) is 22.1 Å². The van der Waals surface area contributed by atoms with Gasteiger partial charge in [0.2, 0.25) is 0 Å². The summed E-state index contributed by atoms with van der Waals surface area (Å²) < 4.78 is 29.2. The summed E-state index contributed by atoms with van der Waals surface area (Å²) in [4.78, 5) is 10.9. The van der Waals surface area contributed by atoms with Crippen LogP contribution in [0.1, 0.15) is 24.1 Å². The Hall–Kier alpha value is -3.84. The standard InChI is InChI=1S/C19H13ClF2N8/c1-9(28-19-14(6-23)18(24)26-8-27-19)13-5-16-25-7-15(20)30(16)29-17(13)10-2-11(21)4-12(22)3-10/h2-5,7-9H,1H3,(H3,24,26,27,28)/p+1/t9-/m0/s1. The van der Waals surface area contributed by atoms with Crippen LogP contribution < -0.4 is 16.0 Å². The van der Waals surface area contributed by atoms with Gasteiger partial charge in [0.25, 0.3) is 5.15 Å². The molecule has 1 aromatic carbocycles. The highest BCUT2D eigenvalue weighted by Gasteiger charge is 2.23. The first kappa shape index (κ1) is 19.5. The number of anilines is 2. The predicted molar refractivity (Wildman–Crippen MR) is 105 cm³/mol. The molecule has 0 amide bonds. The summed E-state index contributed by atoms with van der Waals surface area (Å²) in [6.45, 7) is 1.79. The van der Waals surface area contributed by atoms with E-state index in [-0.39, 0.29) is 22.8 Å². The van der Waals surface area contributed by atoms with Crippen molar-refractivity contribution in [1.29, 1.82) is 5.26 Å². The molecule has 0 bridgehead atoms. The number of rotatable bonds is 4. The molecule has 0 spiro atoms. The zero-order valence-corrected chi connectivity index (χ0v) is 16.2. The molecule has 0 radical (unpaired) electrons. The fraction of sp³-hybridized carbons (Fsp3) is 0.105. The van der Waals surface area contributed by atoms with Crippen molar-refractivity contribution in [1.82, 2.24) is 19.6 Å². The van der Waals surface area contributed by atoms with Crippen LogP contribution in [0.25, 0.3) is 16.9 Å². The predicted octanol–water partition coefficient (Wildman–Crippen LogP) is 3.16. The minimum Gasteiger partial charge on any atom is -0.382 e. The highest BCUT2D eigenvalue weighted by molar-refractivity contribution is 6.29. The van der Waals surface area contributed by atoms with Crippen LogP contribution in [-0.2, 0) is 0 Å². The smallest absolute Gasteiger partial charge is 0.306 e. The average Bonchev–Trinajstić information content (AvgIpc) is 3.06. The second kappa shape index (κ2) is 7.53. The molecule has 30 heavy (non-hydrogen) atoms. The molecule has 0 saturated carbocycles. The number of nitriles is 1. The highest BCUT2D eigenvalue weighted by Crippen LogP contribution is 2.31. The summed E-state index contributed by atoms with van der Waals surface area (Å²) in [5.41, 5.74) is 7.51. The largest absolute Gasteiger partial charge is 0.382 e. The Kier molecular flexibility index (Phi) is 4.89. The van der Waals surface area contributed by atoms with Gasteiger partial charge >= 0.3 is 5.65 Å². The van der Waals surface area contributed by atoms with Gasteiger partial charge in [0.05, 0.1) is 6.04 Å². The lowest BCUT2D eigenvalue weighted by atomic mass is 10.0. The van der Waals surface area contributed by atoms with E-state index in [1.807, 2.05) is 6.07 Å². The first-order chi connectivity index (χ1) is 14.4. The Morgan fingerprint density at radius 2 is 1.97 bits per heavy atom. The van der Waals surface area contributed by atoms with Crippen molar-refractivity contribution in [2.45, 2.75) is 13.0 Å². The second-order valence-electron chi connectivity index (χ2n) is 6.48. The van der Waals surface area contributed by atoms with Crippen LogP contribution >= 0.6 is 11.6 Å². The molecular formula is C19H14ClF2N8+. The number of nitrogens with one attached hydrogen (secondary N) is 2. The number of benzene rings is 1. The molecule has 0 saturated heterocycles. The Morgan fingerprint density at radius 1 is 1.23 bits per heavy atom. The zero-order valence-electron chi connectivity index (χ0n) is 15.5. The van der Waals surface area contributed by atoms with Gasteiger partial charge in [0.1, 0.15) is 53.1 Å². The van der Waals surface area contributed by atoms with Crippen molar-refractivity contribution < 1.29 is 13.8 Å². The Bertz CT molecular complexity index is 1290. The summed E-state index contributed by atoms with van der Waals surface area (Å²) in [6, 6.07) is 6.36. The number of fused-ring (bicyclic) bond motifs is 1. The molecule has 4 rings (SSSR count). The van der Waals surface area contributed by atoms with Crippen LogP contribution in [0.4, 0.5) is 20.4 Å². The molecule has 8 nitrogen and oxygen atoms in total. The normalized spacial score (nSPS) is 12.0. The topological polar surface area (TPSA) is 119 Å². The van der Waals surface area contributed by atoms with Gasteiger partial charge in [-0.1, -0.05) is 9.61 Å². The van der Waals surface area contributed by atoms with Crippen LogP contribution in [0.2, 0.25) is 5.15 Å². The van der Waals surface area contributed by atoms with Crippen molar-refractivity contribution in [3.05, 3.63) is 64.7 Å². The van der Waals surface area contributed by atoms with Gasteiger partial charge in [-0.05, 0) is 30.7 Å². The highest BCUT2D eigenvalue weighted by atomic mass is 35.5. The Labute approximate surface area is 174 Å². The summed E-state index contributed by atoms with van der Waals surface area (Å²) in [5, 5.41) is 17.2. The number of nitrogen functional groups attached to an aromatic ring is 1. The van der Waals surface area contributed by atoms with E-state index >= 15 is 0 Å². The number of hydrogen-bond acceptors (Lipinski definition) is 6. The number of hydrogen-bond donors (Lipinski definition) is 2. The van der Waals surface area contributed by atoms with Crippen LogP contribution in [0.15, 0.2) is 36.8 Å². The molecule has 0 aliphatic rings. The van der Waals surface area contributed by atoms with Crippen LogP contribution in [0.5, 0.6) is 0 Å². The van der Waals surface area contributed by atoms with Gasteiger partial charge in [0, 0.05) is 23.3 Å². The van der Waals surface area contributed by atoms with Crippen LogP contribution in [0.3, 0.4) is 0 Å². The van der Waals surface area contributed by atoms with Crippen LogP contribution in [0, 0.1) is 23.0 Å². The minimum atomic E-state index is -0.737. The molecule has 0 aliphatic carbocycles. The molecule has 11 heteroatoms. The van der Waals surface area contributed by atoms with Gasteiger partial charge in [-0.3, -0.25) is 0 Å². The number of halogens is 3. The molecular weight excluding hydrogens is 414 g/mol. The SMILES string of the molecule is C[C@H](Nc1ncnc(N)c1C#N)c1cc2[nH+]cc(Cl)n2nc1-c1cc(F)cc(F)c1. The molecule has 0 unspecified atom stereocenters. The first-order valence-electron chi connectivity index (χ1n) is 8.71. The van der Waals surface area contributed by atoms with Crippen molar-refractivity contribution in [2.75, 3.05) is 11.1 Å². The van der Waals surface area contributed by atoms with Gasteiger partial charge < -0.3 is 11.1 Å². The minimum absolute atomic E-state index is 0.0370. The third kappa shape index (κ3) is 3.46. The van der Waals surface area contributed by atoms with E-state index in [1.54, 1.807) is 19.2 Å². The third-order valence-corrected chi connectivity index (χ3v) is 4.75. The van der Waals surface area contributed by atoms with E-state index in [2.05, 4.69) is 25.4 Å². The van der Waals surface area contributed by atoms with Gasteiger partial charge in [-0.25, -0.2) is 23.7 Å². The van der Waals surface area contributed by atoms with E-state index in [1.165, 1.54) is 23.0 Å². The number of aromatic nitrogens is 5. The summed E-state index contributed by atoms with van der Waals surface area (Å²) in [7, 11) is 0. The first-order valence-corrected chi connectivity index (χ1v) is 9.08. The lowest BCUT2D eigenvalue weighted by molar-refractivity contribution is -0.344. The van der Waals surface area contributed by atoms with E-state index in [4.69, 9.17) is 17.3 Å². The van der Waals surface area contributed by atoms with Crippen molar-refractivity contribution in [2.24, 2.45) is 0 Å². The van der Waals surface area contributed by atoms with Crippen LogP contribution in [-0.4, -0.2) is 19.6 Å². The summed E-state index contributed by atoms with van der Waals surface area (Å²) in [6.07, 6.45) is 2.77. The fourth-order valence-electron chi connectivity index (χ4n) is 3.10. The maximum absolute atomic E-state index is 13.9. The van der Waals surface area contributed by atoms with Gasteiger partial charge in [-0.15, -0.1) is 0 Å². The molecule has 0 fully saturated rings. The number of imidazole rings is 1. The molecule has 150 valence electrons. The maximum Gasteiger partial charge on any atom is 0.306 e. The molecule has 3 heterocycles. The monoisotopic (exact) mass is 427 g/mol. The molecule has 3 aromatic heterocycles. The molecule has 1 atom stereocenters. The maximum atomic E-state index is 13.9. The lowest BCUT2D eigenvalue weighted by Gasteiger charge is -2.18. The fourth-order valence-corrected chi connectivity index (χ4v) is 3.28. The zero-order chi connectivity index (χ0) is 21.4. The number of nitrogens with zero attached hydrogens (tertiary/aromatic N) is 5. The van der Waals surface area contributed by atoms with Crippen molar-refractivity contribution >= 4 is 28.9 Å². The third-order valence-electron chi connectivity index (χ3n) is 4.48. The van der Waals surface area contributed by atoms with E-state index in [0.717, 1.165) is 6.07 Å². The summed E-state index contributed by atoms with van der Waals surface area (Å²) in [5.74, 6) is -1.21. The molecule has 4 N–H and O–H groups in total. The van der Waals surface area contributed by atoms with Crippen molar-refractivity contribution in [3.63, 3.8) is 0 Å². The Balaban J connectivity index is 1.87. The number of nitrogens with two attached hydrogens (primary N) is 1. The Morgan fingerprint density at radius 3 is 2.67 bits per heavy atom. The van der Waals surface area contributed by atoms with Crippen molar-refractivity contribution in [3.8, 4) is 17.3 Å². The second-order valence-corrected chi connectivity index (χ2v) is 6.86. The lowest BCUT2D eigenvalue weighted by Crippen LogP contribution is -2.15.